The van der Waals surface area contributed by atoms with Crippen molar-refractivity contribution in [3.63, 3.8) is 0 Å². The van der Waals surface area contributed by atoms with E-state index in [2.05, 4.69) is 10.6 Å². The molecule has 0 heterocycles. The number of rotatable bonds is 5. The summed E-state index contributed by atoms with van der Waals surface area (Å²) in [6.07, 6.45) is 0. The first kappa shape index (κ1) is 14.9. The average molecular weight is 289 g/mol. The van der Waals surface area contributed by atoms with Gasteiger partial charge in [-0.25, -0.2) is 4.39 Å². The van der Waals surface area contributed by atoms with E-state index in [9.17, 15) is 18.8 Å². The average Bonchev–Trinajstić information content (AvgIpc) is 2.36. The molecule has 0 unspecified atom stereocenters. The maximum Gasteiger partial charge on any atom is 0.322 e. The molecule has 2 amide bonds. The van der Waals surface area contributed by atoms with Crippen LogP contribution in [0.3, 0.4) is 0 Å². The Morgan fingerprint density at radius 1 is 1.21 bits per heavy atom. The molecule has 0 radical (unpaired) electrons. The second-order valence-electron chi connectivity index (χ2n) is 3.48. The van der Waals surface area contributed by atoms with E-state index in [1.165, 1.54) is 12.1 Å². The predicted octanol–water partition coefficient (Wildman–Crippen LogP) is 0.410. The maximum atomic E-state index is 13.1. The second-order valence-corrected chi connectivity index (χ2v) is 3.89. The fourth-order valence-corrected chi connectivity index (χ4v) is 1.25. The highest BCUT2D eigenvalue weighted by molar-refractivity contribution is 6.30. The number of hydrogen-bond donors (Lipinski definition) is 3. The van der Waals surface area contributed by atoms with Gasteiger partial charge in [0.25, 0.3) is 5.91 Å². The van der Waals surface area contributed by atoms with E-state index >= 15 is 0 Å². The largest absolute Gasteiger partial charge is 0.480 e. The Hall–Kier alpha value is -2.15. The van der Waals surface area contributed by atoms with E-state index in [-0.39, 0.29) is 10.6 Å². The molecule has 0 bridgehead atoms. The van der Waals surface area contributed by atoms with Crippen molar-refractivity contribution < 1.29 is 23.9 Å². The molecule has 102 valence electrons. The van der Waals surface area contributed by atoms with Crippen LogP contribution in [0.25, 0.3) is 0 Å². The van der Waals surface area contributed by atoms with Crippen molar-refractivity contribution in [1.82, 2.24) is 10.6 Å². The summed E-state index contributed by atoms with van der Waals surface area (Å²) >= 11 is 5.46. The van der Waals surface area contributed by atoms with Gasteiger partial charge in [0, 0.05) is 5.56 Å². The van der Waals surface area contributed by atoms with Gasteiger partial charge in [-0.2, -0.15) is 0 Å². The van der Waals surface area contributed by atoms with Crippen LogP contribution in [0.15, 0.2) is 18.2 Å². The van der Waals surface area contributed by atoms with E-state index in [0.29, 0.717) is 0 Å². The number of carbonyl (C=O) groups is 3. The lowest BCUT2D eigenvalue weighted by Gasteiger charge is -2.05. The van der Waals surface area contributed by atoms with Gasteiger partial charge >= 0.3 is 5.97 Å². The first-order valence-electron chi connectivity index (χ1n) is 5.12. The lowest BCUT2D eigenvalue weighted by molar-refractivity contribution is -0.137. The summed E-state index contributed by atoms with van der Waals surface area (Å²) in [5.41, 5.74) is 0.00735. The van der Waals surface area contributed by atoms with Crippen LogP contribution in [-0.4, -0.2) is 36.0 Å². The summed E-state index contributed by atoms with van der Waals surface area (Å²) in [4.78, 5) is 32.8. The van der Waals surface area contributed by atoms with Gasteiger partial charge in [0.2, 0.25) is 5.91 Å². The molecule has 0 fully saturated rings. The lowest BCUT2D eigenvalue weighted by Crippen LogP contribution is -2.39. The number of hydrogen-bond acceptors (Lipinski definition) is 3. The number of nitrogens with one attached hydrogen (secondary N) is 2. The zero-order chi connectivity index (χ0) is 14.4. The molecule has 0 spiro atoms. The Bertz CT molecular complexity index is 521. The SMILES string of the molecule is O=C(O)CNC(=O)CNC(=O)c1ccc(Cl)c(F)c1. The third kappa shape index (κ3) is 4.92. The molecule has 1 rings (SSSR count). The lowest BCUT2D eigenvalue weighted by atomic mass is 10.2. The molecule has 0 saturated heterocycles. The minimum atomic E-state index is -1.19. The van der Waals surface area contributed by atoms with Crippen LogP contribution < -0.4 is 10.6 Å². The second kappa shape index (κ2) is 6.69. The van der Waals surface area contributed by atoms with Crippen molar-refractivity contribution in [2.75, 3.05) is 13.1 Å². The first-order valence-corrected chi connectivity index (χ1v) is 5.49. The molecule has 6 nitrogen and oxygen atoms in total. The molecule has 1 aromatic rings. The van der Waals surface area contributed by atoms with Crippen LogP contribution in [-0.2, 0) is 9.59 Å². The Kier molecular flexibility index (Phi) is 5.25. The fraction of sp³-hybridized carbons (Fsp3) is 0.182. The van der Waals surface area contributed by atoms with Gasteiger partial charge in [-0.05, 0) is 18.2 Å². The van der Waals surface area contributed by atoms with Gasteiger partial charge in [-0.15, -0.1) is 0 Å². The van der Waals surface area contributed by atoms with Crippen molar-refractivity contribution in [2.24, 2.45) is 0 Å². The monoisotopic (exact) mass is 288 g/mol. The van der Waals surface area contributed by atoms with Crippen molar-refractivity contribution in [2.45, 2.75) is 0 Å². The molecular formula is C11H10ClFN2O4. The summed E-state index contributed by atoms with van der Waals surface area (Å²) in [6, 6.07) is 3.46. The number of benzene rings is 1. The molecule has 3 N–H and O–H groups in total. The van der Waals surface area contributed by atoms with Crippen LogP contribution in [0.2, 0.25) is 5.02 Å². The topological polar surface area (TPSA) is 95.5 Å². The van der Waals surface area contributed by atoms with Gasteiger partial charge in [-0.3, -0.25) is 14.4 Å². The fourth-order valence-electron chi connectivity index (χ4n) is 1.14. The van der Waals surface area contributed by atoms with E-state index in [4.69, 9.17) is 16.7 Å². The van der Waals surface area contributed by atoms with Crippen molar-refractivity contribution in [3.05, 3.63) is 34.6 Å². The van der Waals surface area contributed by atoms with Crippen LogP contribution in [0, 0.1) is 5.82 Å². The van der Waals surface area contributed by atoms with E-state index < -0.39 is 36.7 Å². The predicted molar refractivity (Wildman–Crippen MR) is 64.4 cm³/mol. The number of halogens is 2. The maximum absolute atomic E-state index is 13.1. The van der Waals surface area contributed by atoms with Crippen molar-refractivity contribution in [1.29, 1.82) is 0 Å². The van der Waals surface area contributed by atoms with Gasteiger partial charge in [-0.1, -0.05) is 11.6 Å². The number of carboxylic acids is 1. The first-order chi connectivity index (χ1) is 8.90. The van der Waals surface area contributed by atoms with Crippen molar-refractivity contribution >= 4 is 29.4 Å². The standard InChI is InChI=1S/C11H10ClFN2O4/c12-7-2-1-6(3-8(7)13)11(19)15-4-9(16)14-5-10(17)18/h1-3H,4-5H2,(H,14,16)(H,15,19)(H,17,18). The van der Waals surface area contributed by atoms with Crippen LogP contribution in [0.1, 0.15) is 10.4 Å². The molecule has 1 aromatic carbocycles. The molecule has 0 aliphatic heterocycles. The minimum absolute atomic E-state index is 0.00735. The zero-order valence-corrected chi connectivity index (χ0v) is 10.3. The molecule has 0 saturated carbocycles. The minimum Gasteiger partial charge on any atom is -0.480 e. The number of carbonyl (C=O) groups excluding carboxylic acids is 2. The summed E-state index contributed by atoms with van der Waals surface area (Å²) < 4.78 is 13.1. The van der Waals surface area contributed by atoms with E-state index in [1.807, 2.05) is 0 Å². The number of amides is 2. The number of carboxylic acid groups (broad SMARTS) is 1. The Morgan fingerprint density at radius 2 is 1.89 bits per heavy atom. The summed E-state index contributed by atoms with van der Waals surface area (Å²) in [6.45, 7) is -0.944. The molecule has 0 aliphatic carbocycles. The quantitative estimate of drug-likeness (QED) is 0.731. The number of aliphatic carboxylic acids is 1. The summed E-state index contributed by atoms with van der Waals surface area (Å²) in [7, 11) is 0. The molecule has 0 aromatic heterocycles. The van der Waals surface area contributed by atoms with Gasteiger partial charge in [0.15, 0.2) is 0 Å². The highest BCUT2D eigenvalue weighted by Gasteiger charge is 2.10. The molecule has 0 atom stereocenters. The van der Waals surface area contributed by atoms with Gasteiger partial charge < -0.3 is 15.7 Å². The third-order valence-corrected chi connectivity index (χ3v) is 2.33. The van der Waals surface area contributed by atoms with E-state index in [0.717, 1.165) is 6.07 Å². The molecule has 0 aliphatic rings. The van der Waals surface area contributed by atoms with Crippen LogP contribution >= 0.6 is 11.6 Å². The Labute approximate surface area is 112 Å². The highest BCUT2D eigenvalue weighted by Crippen LogP contribution is 2.15. The Morgan fingerprint density at radius 3 is 2.47 bits per heavy atom. The van der Waals surface area contributed by atoms with Crippen molar-refractivity contribution in [3.8, 4) is 0 Å². The van der Waals surface area contributed by atoms with Crippen LogP contribution in [0.5, 0.6) is 0 Å². The van der Waals surface area contributed by atoms with E-state index in [1.54, 1.807) is 0 Å². The molecular weight excluding hydrogens is 279 g/mol. The molecule has 19 heavy (non-hydrogen) atoms. The normalized spacial score (nSPS) is 9.79. The van der Waals surface area contributed by atoms with Gasteiger partial charge in [0.05, 0.1) is 11.6 Å². The highest BCUT2D eigenvalue weighted by atomic mass is 35.5. The van der Waals surface area contributed by atoms with Crippen LogP contribution in [0.4, 0.5) is 4.39 Å². The Balaban J connectivity index is 2.49. The summed E-state index contributed by atoms with van der Waals surface area (Å²) in [5.74, 6) is -3.27. The summed E-state index contributed by atoms with van der Waals surface area (Å²) in [5, 5.41) is 12.5. The third-order valence-electron chi connectivity index (χ3n) is 2.03. The zero-order valence-electron chi connectivity index (χ0n) is 9.57. The smallest absolute Gasteiger partial charge is 0.322 e. The van der Waals surface area contributed by atoms with Gasteiger partial charge in [0.1, 0.15) is 12.4 Å². The molecule has 8 heteroatoms.